The molecule has 0 saturated heterocycles. The Morgan fingerprint density at radius 2 is 1.76 bits per heavy atom. The lowest BCUT2D eigenvalue weighted by molar-refractivity contribution is -0.140. The first-order chi connectivity index (χ1) is 10.2. The van der Waals surface area contributed by atoms with Crippen molar-refractivity contribution in [2.75, 3.05) is 18.5 Å². The molecule has 4 heteroatoms. The van der Waals surface area contributed by atoms with Crippen molar-refractivity contribution in [2.24, 2.45) is 0 Å². The number of hydrogen-bond donors (Lipinski definition) is 1. The molecule has 2 aromatic carbocycles. The zero-order chi connectivity index (χ0) is 14.8. The number of anilines is 1. The lowest BCUT2D eigenvalue weighted by Gasteiger charge is -2.07. The predicted molar refractivity (Wildman–Crippen MR) is 80.4 cm³/mol. The minimum Gasteiger partial charge on any atom is -0.465 e. The van der Waals surface area contributed by atoms with E-state index >= 15 is 0 Å². The van der Waals surface area contributed by atoms with Crippen LogP contribution in [0.25, 0.3) is 11.1 Å². The molecule has 0 amide bonds. The van der Waals surface area contributed by atoms with Crippen LogP contribution >= 0.6 is 0 Å². The average molecular weight is 281 g/mol. The molecule has 21 heavy (non-hydrogen) atoms. The van der Waals surface area contributed by atoms with E-state index < -0.39 is 0 Å². The zero-order valence-electron chi connectivity index (χ0n) is 11.7. The van der Waals surface area contributed by atoms with Crippen molar-refractivity contribution >= 4 is 17.4 Å². The topological polar surface area (TPSA) is 55.4 Å². The molecule has 106 valence electrons. The van der Waals surface area contributed by atoms with Crippen LogP contribution < -0.4 is 5.32 Å². The Balaban J connectivity index is 1.84. The summed E-state index contributed by atoms with van der Waals surface area (Å²) >= 11 is 0. The summed E-state index contributed by atoms with van der Waals surface area (Å²) in [5.74, 6) is -0.284. The first-order valence-corrected chi connectivity index (χ1v) is 6.88. The summed E-state index contributed by atoms with van der Waals surface area (Å²) < 4.78 is 4.86. The number of hydrogen-bond acceptors (Lipinski definition) is 4. The maximum absolute atomic E-state index is 12.4. The lowest BCUT2D eigenvalue weighted by atomic mass is 10.1. The second-order valence-electron chi connectivity index (χ2n) is 4.79. The van der Waals surface area contributed by atoms with Crippen LogP contribution in [-0.4, -0.2) is 24.9 Å². The second-order valence-corrected chi connectivity index (χ2v) is 4.79. The van der Waals surface area contributed by atoms with Gasteiger partial charge in [-0.2, -0.15) is 0 Å². The summed E-state index contributed by atoms with van der Waals surface area (Å²) in [6, 6.07) is 13.1. The molecule has 0 fully saturated rings. The summed E-state index contributed by atoms with van der Waals surface area (Å²) in [7, 11) is 0. The fourth-order valence-electron chi connectivity index (χ4n) is 2.52. The molecule has 0 saturated carbocycles. The van der Waals surface area contributed by atoms with Gasteiger partial charge in [-0.25, -0.2) is 0 Å². The van der Waals surface area contributed by atoms with Gasteiger partial charge in [0.05, 0.1) is 6.61 Å². The molecule has 0 heterocycles. The van der Waals surface area contributed by atoms with Gasteiger partial charge in [0.25, 0.3) is 0 Å². The second kappa shape index (κ2) is 5.40. The molecule has 0 bridgehead atoms. The van der Waals surface area contributed by atoms with Crippen molar-refractivity contribution in [3.63, 3.8) is 0 Å². The van der Waals surface area contributed by atoms with Crippen LogP contribution in [0.3, 0.4) is 0 Å². The molecule has 2 aromatic rings. The summed E-state index contributed by atoms with van der Waals surface area (Å²) in [5, 5.41) is 2.98. The quantitative estimate of drug-likeness (QED) is 0.747. The van der Waals surface area contributed by atoms with Crippen LogP contribution in [0.1, 0.15) is 22.8 Å². The predicted octanol–water partition coefficient (Wildman–Crippen LogP) is 2.87. The molecule has 1 aliphatic carbocycles. The van der Waals surface area contributed by atoms with Gasteiger partial charge in [0.2, 0.25) is 0 Å². The van der Waals surface area contributed by atoms with Crippen LogP contribution in [-0.2, 0) is 9.53 Å². The number of ether oxygens (including phenoxy) is 1. The maximum atomic E-state index is 12.4. The van der Waals surface area contributed by atoms with E-state index in [9.17, 15) is 9.59 Å². The molecule has 0 spiro atoms. The third-order valence-electron chi connectivity index (χ3n) is 3.47. The van der Waals surface area contributed by atoms with Crippen molar-refractivity contribution in [1.29, 1.82) is 0 Å². The van der Waals surface area contributed by atoms with Gasteiger partial charge in [0.1, 0.15) is 6.54 Å². The van der Waals surface area contributed by atoms with Crippen LogP contribution in [0.15, 0.2) is 42.5 Å². The maximum Gasteiger partial charge on any atom is 0.325 e. The van der Waals surface area contributed by atoms with Crippen LogP contribution in [0.4, 0.5) is 5.69 Å². The van der Waals surface area contributed by atoms with Crippen LogP contribution in [0.5, 0.6) is 0 Å². The van der Waals surface area contributed by atoms with Crippen LogP contribution in [0.2, 0.25) is 0 Å². The van der Waals surface area contributed by atoms with E-state index in [1.54, 1.807) is 13.0 Å². The third-order valence-corrected chi connectivity index (χ3v) is 3.47. The molecular formula is C17H15NO3. The number of esters is 1. The molecule has 1 aliphatic rings. The van der Waals surface area contributed by atoms with E-state index in [1.807, 2.05) is 36.4 Å². The van der Waals surface area contributed by atoms with Gasteiger partial charge >= 0.3 is 5.97 Å². The first-order valence-electron chi connectivity index (χ1n) is 6.88. The lowest BCUT2D eigenvalue weighted by Crippen LogP contribution is -2.16. The Kier molecular flexibility index (Phi) is 3.44. The molecule has 0 radical (unpaired) electrons. The summed E-state index contributed by atoms with van der Waals surface area (Å²) in [4.78, 5) is 23.7. The zero-order valence-corrected chi connectivity index (χ0v) is 11.7. The van der Waals surface area contributed by atoms with E-state index in [1.165, 1.54) is 0 Å². The average Bonchev–Trinajstić information content (AvgIpc) is 2.79. The molecule has 0 unspecified atom stereocenters. The Morgan fingerprint density at radius 1 is 1.05 bits per heavy atom. The highest BCUT2D eigenvalue weighted by molar-refractivity contribution is 6.22. The van der Waals surface area contributed by atoms with Crippen LogP contribution in [0, 0.1) is 0 Å². The van der Waals surface area contributed by atoms with E-state index in [2.05, 4.69) is 5.32 Å². The van der Waals surface area contributed by atoms with Gasteiger partial charge in [-0.1, -0.05) is 30.3 Å². The van der Waals surface area contributed by atoms with Gasteiger partial charge in [-0.15, -0.1) is 0 Å². The van der Waals surface area contributed by atoms with Gasteiger partial charge < -0.3 is 10.1 Å². The molecule has 0 aromatic heterocycles. The fourth-order valence-corrected chi connectivity index (χ4v) is 2.52. The first kappa shape index (κ1) is 13.4. The monoisotopic (exact) mass is 281 g/mol. The molecule has 0 aliphatic heterocycles. The Hall–Kier alpha value is -2.62. The number of rotatable bonds is 4. The van der Waals surface area contributed by atoms with Crippen molar-refractivity contribution in [3.8, 4) is 11.1 Å². The van der Waals surface area contributed by atoms with Gasteiger partial charge in [0.15, 0.2) is 5.78 Å². The summed E-state index contributed by atoms with van der Waals surface area (Å²) in [5.41, 5.74) is 4.05. The van der Waals surface area contributed by atoms with Crippen molar-refractivity contribution in [2.45, 2.75) is 6.92 Å². The minimum absolute atomic E-state index is 0.0281. The molecule has 4 nitrogen and oxygen atoms in total. The Labute approximate surface area is 122 Å². The number of carbonyl (C=O) groups excluding carboxylic acids is 2. The Morgan fingerprint density at radius 3 is 2.52 bits per heavy atom. The number of ketones is 1. The van der Waals surface area contributed by atoms with Gasteiger partial charge in [0, 0.05) is 16.8 Å². The van der Waals surface area contributed by atoms with E-state index in [0.717, 1.165) is 22.4 Å². The number of carbonyl (C=O) groups is 2. The van der Waals surface area contributed by atoms with Gasteiger partial charge in [-0.3, -0.25) is 9.59 Å². The smallest absolute Gasteiger partial charge is 0.325 e. The largest absolute Gasteiger partial charge is 0.465 e. The van der Waals surface area contributed by atoms with Crippen molar-refractivity contribution < 1.29 is 14.3 Å². The Bertz CT molecular complexity index is 722. The highest BCUT2D eigenvalue weighted by atomic mass is 16.5. The fraction of sp³-hybridized carbons (Fsp3) is 0.176. The molecule has 1 N–H and O–H groups in total. The summed E-state index contributed by atoms with van der Waals surface area (Å²) in [6.45, 7) is 2.22. The minimum atomic E-state index is -0.312. The molecular weight excluding hydrogens is 266 g/mol. The van der Waals surface area contributed by atoms with E-state index in [4.69, 9.17) is 4.74 Å². The number of fused-ring (bicyclic) bond motifs is 3. The van der Waals surface area contributed by atoms with E-state index in [0.29, 0.717) is 12.2 Å². The highest BCUT2D eigenvalue weighted by Crippen LogP contribution is 2.37. The highest BCUT2D eigenvalue weighted by Gasteiger charge is 2.26. The number of nitrogens with one attached hydrogen (secondary N) is 1. The van der Waals surface area contributed by atoms with Gasteiger partial charge in [-0.05, 0) is 30.2 Å². The SMILES string of the molecule is CCOC(=O)CNc1ccc2c(c1)C(=O)c1ccccc1-2. The normalized spacial score (nSPS) is 11.8. The van der Waals surface area contributed by atoms with E-state index in [-0.39, 0.29) is 18.3 Å². The third kappa shape index (κ3) is 2.40. The standard InChI is InChI=1S/C17H15NO3/c1-2-21-16(19)10-18-11-7-8-13-12-5-3-4-6-14(12)17(20)15(13)9-11/h3-9,18H,2,10H2,1H3. The number of benzene rings is 2. The molecule has 3 rings (SSSR count). The van der Waals surface area contributed by atoms with Crippen molar-refractivity contribution in [3.05, 3.63) is 53.6 Å². The molecule has 0 atom stereocenters. The summed E-state index contributed by atoms with van der Waals surface area (Å²) in [6.07, 6.45) is 0. The van der Waals surface area contributed by atoms with Crippen molar-refractivity contribution in [1.82, 2.24) is 0 Å².